The molecule has 2 aromatic carbocycles. The number of hydrogen-bond donors (Lipinski definition) is 1. The van der Waals surface area contributed by atoms with Gasteiger partial charge in [0.2, 0.25) is 0 Å². The van der Waals surface area contributed by atoms with E-state index in [1.165, 1.54) is 24.4 Å². The first kappa shape index (κ1) is 13.7. The Kier molecular flexibility index (Phi) is 3.79. The van der Waals surface area contributed by atoms with Crippen LogP contribution in [-0.4, -0.2) is 16.2 Å². The molecule has 0 amide bonds. The van der Waals surface area contributed by atoms with E-state index in [0.717, 1.165) is 16.8 Å². The van der Waals surface area contributed by atoms with E-state index in [1.54, 1.807) is 0 Å². The van der Waals surface area contributed by atoms with Gasteiger partial charge >= 0.3 is 0 Å². The summed E-state index contributed by atoms with van der Waals surface area (Å²) in [5.41, 5.74) is 3.15. The first-order valence-corrected chi connectivity index (χ1v) is 6.05. The van der Waals surface area contributed by atoms with Crippen molar-refractivity contribution in [3.63, 3.8) is 0 Å². The molecule has 2 rings (SSSR count). The zero-order valence-corrected chi connectivity index (χ0v) is 11.2. The van der Waals surface area contributed by atoms with Crippen LogP contribution in [0.3, 0.4) is 0 Å². The number of hydrogen-bond acceptors (Lipinski definition) is 4. The molecule has 0 aliphatic heterocycles. The van der Waals surface area contributed by atoms with Crippen molar-refractivity contribution in [2.75, 3.05) is 0 Å². The van der Waals surface area contributed by atoms with Crippen molar-refractivity contribution in [1.29, 1.82) is 0 Å². The molecule has 5 nitrogen and oxygen atoms in total. The first-order chi connectivity index (χ1) is 9.45. The van der Waals surface area contributed by atoms with Gasteiger partial charge in [-0.2, -0.15) is 0 Å². The Morgan fingerprint density at radius 2 is 1.80 bits per heavy atom. The number of phenolic OH excluding ortho intramolecular Hbond substituents is 1. The van der Waals surface area contributed by atoms with Crippen molar-refractivity contribution < 1.29 is 10.0 Å². The second-order valence-electron chi connectivity index (χ2n) is 4.60. The third kappa shape index (κ3) is 3.20. The predicted molar refractivity (Wildman–Crippen MR) is 77.9 cm³/mol. The molecule has 0 atom stereocenters. The maximum Gasteiger partial charge on any atom is 0.270 e. The Bertz CT molecular complexity index is 673. The normalized spacial score (nSPS) is 10.9. The van der Waals surface area contributed by atoms with Crippen LogP contribution in [0.25, 0.3) is 0 Å². The van der Waals surface area contributed by atoms with Crippen LogP contribution >= 0.6 is 0 Å². The van der Waals surface area contributed by atoms with E-state index in [-0.39, 0.29) is 11.4 Å². The molecule has 0 aliphatic carbocycles. The van der Waals surface area contributed by atoms with E-state index in [9.17, 15) is 15.2 Å². The molecule has 102 valence electrons. The van der Waals surface area contributed by atoms with Gasteiger partial charge in [-0.1, -0.05) is 6.07 Å². The Morgan fingerprint density at radius 1 is 1.15 bits per heavy atom. The zero-order valence-electron chi connectivity index (χ0n) is 11.2. The molecular formula is C15H14N2O3. The quantitative estimate of drug-likeness (QED) is 0.525. The van der Waals surface area contributed by atoms with Gasteiger partial charge in [0.1, 0.15) is 5.75 Å². The SMILES string of the molecule is Cc1cc(C)cc(N=Cc2cc([N+](=O)[O-])ccc2O)c1. The molecule has 0 spiro atoms. The molecule has 0 bridgehead atoms. The number of non-ortho nitro benzene ring substituents is 1. The molecule has 0 heterocycles. The van der Waals surface area contributed by atoms with Gasteiger partial charge < -0.3 is 5.11 Å². The number of phenols is 1. The van der Waals surface area contributed by atoms with Crippen LogP contribution < -0.4 is 0 Å². The lowest BCUT2D eigenvalue weighted by atomic mass is 10.1. The average Bonchev–Trinajstić information content (AvgIpc) is 2.36. The highest BCUT2D eigenvalue weighted by molar-refractivity contribution is 5.86. The highest BCUT2D eigenvalue weighted by atomic mass is 16.6. The van der Waals surface area contributed by atoms with E-state index < -0.39 is 4.92 Å². The number of nitro groups is 1. The van der Waals surface area contributed by atoms with Crippen LogP contribution in [0.2, 0.25) is 0 Å². The fraction of sp³-hybridized carbons (Fsp3) is 0.133. The summed E-state index contributed by atoms with van der Waals surface area (Å²) in [6.07, 6.45) is 1.43. The van der Waals surface area contributed by atoms with Crippen LogP contribution in [0.5, 0.6) is 5.75 Å². The van der Waals surface area contributed by atoms with Gasteiger partial charge in [0.15, 0.2) is 0 Å². The van der Waals surface area contributed by atoms with Crippen molar-refractivity contribution in [3.8, 4) is 5.75 Å². The largest absolute Gasteiger partial charge is 0.507 e. The van der Waals surface area contributed by atoms with E-state index in [4.69, 9.17) is 0 Å². The second-order valence-corrected chi connectivity index (χ2v) is 4.60. The van der Waals surface area contributed by atoms with Crippen LogP contribution in [-0.2, 0) is 0 Å². The third-order valence-electron chi connectivity index (χ3n) is 2.78. The van der Waals surface area contributed by atoms with Gasteiger partial charge in [-0.25, -0.2) is 0 Å². The molecule has 2 aromatic rings. The number of rotatable bonds is 3. The van der Waals surface area contributed by atoms with Crippen molar-refractivity contribution in [2.24, 2.45) is 4.99 Å². The average molecular weight is 270 g/mol. The summed E-state index contributed by atoms with van der Waals surface area (Å²) in [7, 11) is 0. The molecule has 1 N–H and O–H groups in total. The van der Waals surface area contributed by atoms with E-state index >= 15 is 0 Å². The molecule has 20 heavy (non-hydrogen) atoms. The smallest absolute Gasteiger partial charge is 0.270 e. The predicted octanol–water partition coefficient (Wildman–Crippen LogP) is 3.67. The van der Waals surface area contributed by atoms with Gasteiger partial charge in [-0.15, -0.1) is 0 Å². The summed E-state index contributed by atoms with van der Waals surface area (Å²) in [5, 5.41) is 20.4. The van der Waals surface area contributed by atoms with E-state index in [2.05, 4.69) is 4.99 Å². The van der Waals surface area contributed by atoms with Gasteiger partial charge in [0.05, 0.1) is 10.6 Å². The summed E-state index contributed by atoms with van der Waals surface area (Å²) in [5.74, 6) is -0.0382. The van der Waals surface area contributed by atoms with E-state index in [0.29, 0.717) is 5.56 Å². The summed E-state index contributed by atoms with van der Waals surface area (Å²) in [6, 6.07) is 9.67. The summed E-state index contributed by atoms with van der Waals surface area (Å²) >= 11 is 0. The second kappa shape index (κ2) is 5.52. The fourth-order valence-corrected chi connectivity index (χ4v) is 1.93. The topological polar surface area (TPSA) is 75.7 Å². The number of benzene rings is 2. The fourth-order valence-electron chi connectivity index (χ4n) is 1.93. The Hall–Kier alpha value is -2.69. The lowest BCUT2D eigenvalue weighted by molar-refractivity contribution is -0.384. The molecule has 5 heteroatoms. The zero-order chi connectivity index (χ0) is 14.7. The molecular weight excluding hydrogens is 256 g/mol. The van der Waals surface area contributed by atoms with Crippen LogP contribution in [0.15, 0.2) is 41.4 Å². The molecule has 0 aromatic heterocycles. The van der Waals surface area contributed by atoms with Gasteiger partial charge in [-0.05, 0) is 43.2 Å². The maximum absolute atomic E-state index is 10.7. The number of nitro benzene ring substituents is 1. The maximum atomic E-state index is 10.7. The highest BCUT2D eigenvalue weighted by Gasteiger charge is 2.08. The van der Waals surface area contributed by atoms with Crippen LogP contribution in [0, 0.1) is 24.0 Å². The standard InChI is InChI=1S/C15H14N2O3/c1-10-5-11(2)7-13(6-10)16-9-12-8-14(17(19)20)3-4-15(12)18/h3-9,18H,1-2H3. The molecule has 0 radical (unpaired) electrons. The van der Waals surface area contributed by atoms with E-state index in [1.807, 2.05) is 32.0 Å². The lowest BCUT2D eigenvalue weighted by Crippen LogP contribution is -1.90. The van der Waals surface area contributed by atoms with Crippen molar-refractivity contribution in [3.05, 3.63) is 63.2 Å². The molecule has 0 unspecified atom stereocenters. The Balaban J connectivity index is 2.35. The first-order valence-electron chi connectivity index (χ1n) is 6.05. The monoisotopic (exact) mass is 270 g/mol. The highest BCUT2D eigenvalue weighted by Crippen LogP contribution is 2.23. The number of nitrogens with zero attached hydrogens (tertiary/aromatic N) is 2. The van der Waals surface area contributed by atoms with Crippen molar-refractivity contribution in [2.45, 2.75) is 13.8 Å². The number of aryl methyl sites for hydroxylation is 2. The summed E-state index contributed by atoms with van der Waals surface area (Å²) < 4.78 is 0. The van der Waals surface area contributed by atoms with Gasteiger partial charge in [0.25, 0.3) is 5.69 Å². The Labute approximate surface area is 116 Å². The van der Waals surface area contributed by atoms with Crippen molar-refractivity contribution >= 4 is 17.6 Å². The third-order valence-corrected chi connectivity index (χ3v) is 2.78. The van der Waals surface area contributed by atoms with Crippen molar-refractivity contribution in [1.82, 2.24) is 0 Å². The number of aliphatic imine (C=N–C) groups is 1. The Morgan fingerprint density at radius 3 is 2.40 bits per heavy atom. The lowest BCUT2D eigenvalue weighted by Gasteiger charge is -2.01. The molecule has 0 saturated carbocycles. The van der Waals surface area contributed by atoms with Gasteiger partial charge in [-0.3, -0.25) is 15.1 Å². The molecule has 0 fully saturated rings. The van der Waals surface area contributed by atoms with Crippen LogP contribution in [0.1, 0.15) is 16.7 Å². The minimum Gasteiger partial charge on any atom is -0.507 e. The molecule has 0 aliphatic rings. The van der Waals surface area contributed by atoms with Crippen LogP contribution in [0.4, 0.5) is 11.4 Å². The molecule has 0 saturated heterocycles. The van der Waals surface area contributed by atoms with Gasteiger partial charge in [0, 0.05) is 23.9 Å². The summed E-state index contributed by atoms with van der Waals surface area (Å²) in [6.45, 7) is 3.94. The minimum absolute atomic E-state index is 0.0382. The summed E-state index contributed by atoms with van der Waals surface area (Å²) in [4.78, 5) is 14.5. The number of aromatic hydroxyl groups is 1. The minimum atomic E-state index is -0.506.